The van der Waals surface area contributed by atoms with E-state index in [1.54, 1.807) is 0 Å². The summed E-state index contributed by atoms with van der Waals surface area (Å²) in [6.45, 7) is 9.16. The Morgan fingerprint density at radius 1 is 1.40 bits per heavy atom. The predicted octanol–water partition coefficient (Wildman–Crippen LogP) is 3.48. The van der Waals surface area contributed by atoms with Crippen LogP contribution in [-0.2, 0) is 4.79 Å². The van der Waals surface area contributed by atoms with E-state index < -0.39 is 0 Å². The number of rotatable bonds is 4. The number of hydrogen-bond donors (Lipinski definition) is 1. The lowest BCUT2D eigenvalue weighted by atomic mass is 10.00. The fourth-order valence-corrected chi connectivity index (χ4v) is 2.94. The molecule has 1 heterocycles. The van der Waals surface area contributed by atoms with Crippen LogP contribution in [0.3, 0.4) is 0 Å². The Morgan fingerprint density at radius 3 is 2.85 bits per heavy atom. The molecule has 1 aromatic carbocycles. The summed E-state index contributed by atoms with van der Waals surface area (Å²) in [6, 6.07) is 8.08. The van der Waals surface area contributed by atoms with Crippen LogP contribution in [0.5, 0.6) is 0 Å². The Kier molecular flexibility index (Phi) is 5.18. The van der Waals surface area contributed by atoms with E-state index in [0.29, 0.717) is 18.4 Å². The molecule has 0 aliphatic carbocycles. The molecule has 0 bridgehead atoms. The molecule has 1 saturated heterocycles. The van der Waals surface area contributed by atoms with Crippen molar-refractivity contribution in [2.45, 2.75) is 39.5 Å². The third-order valence-electron chi connectivity index (χ3n) is 3.97. The van der Waals surface area contributed by atoms with Crippen molar-refractivity contribution in [2.24, 2.45) is 5.92 Å². The molecule has 2 rings (SSSR count). The summed E-state index contributed by atoms with van der Waals surface area (Å²) in [5.41, 5.74) is 2.16. The largest absolute Gasteiger partial charge is 0.325 e. The molecular weight excluding hydrogens is 248 g/mol. The van der Waals surface area contributed by atoms with Crippen LogP contribution in [0.25, 0.3) is 0 Å². The topological polar surface area (TPSA) is 32.3 Å². The summed E-state index contributed by atoms with van der Waals surface area (Å²) in [4.78, 5) is 14.5. The molecule has 0 radical (unpaired) electrons. The maximum atomic E-state index is 12.2. The standard InChI is InChI=1S/C17H26N2O/c1-13(2)15-8-4-5-9-16(15)18-17(20)12-19-10-6-7-14(3)11-19/h4-5,8-9,13-14H,6-7,10-12H2,1-3H3,(H,18,20)/t14-/m1/s1. The Balaban J connectivity index is 1.94. The molecule has 3 nitrogen and oxygen atoms in total. The highest BCUT2D eigenvalue weighted by atomic mass is 16.2. The molecule has 0 aromatic heterocycles. The number of carbonyl (C=O) groups is 1. The normalized spacial score (nSPS) is 20.1. The van der Waals surface area contributed by atoms with E-state index in [2.05, 4.69) is 37.1 Å². The molecule has 110 valence electrons. The first-order chi connectivity index (χ1) is 9.56. The van der Waals surface area contributed by atoms with E-state index in [1.165, 1.54) is 18.4 Å². The first-order valence-corrected chi connectivity index (χ1v) is 7.67. The zero-order valence-corrected chi connectivity index (χ0v) is 12.9. The zero-order chi connectivity index (χ0) is 14.5. The number of para-hydroxylation sites is 1. The minimum absolute atomic E-state index is 0.104. The molecule has 20 heavy (non-hydrogen) atoms. The van der Waals surface area contributed by atoms with Crippen molar-refractivity contribution in [3.05, 3.63) is 29.8 Å². The fraction of sp³-hybridized carbons (Fsp3) is 0.588. The molecular formula is C17H26N2O. The van der Waals surface area contributed by atoms with E-state index in [1.807, 2.05) is 18.2 Å². The monoisotopic (exact) mass is 274 g/mol. The molecule has 1 fully saturated rings. The van der Waals surface area contributed by atoms with Gasteiger partial charge in [-0.3, -0.25) is 9.69 Å². The summed E-state index contributed by atoms with van der Waals surface area (Å²) in [6.07, 6.45) is 2.49. The number of likely N-dealkylation sites (tertiary alicyclic amines) is 1. The van der Waals surface area contributed by atoms with Crippen LogP contribution >= 0.6 is 0 Å². The van der Waals surface area contributed by atoms with Gasteiger partial charge in [0.15, 0.2) is 0 Å². The molecule has 1 N–H and O–H groups in total. The van der Waals surface area contributed by atoms with Gasteiger partial charge in [0.05, 0.1) is 6.54 Å². The average molecular weight is 274 g/mol. The smallest absolute Gasteiger partial charge is 0.238 e. The molecule has 0 saturated carbocycles. The summed E-state index contributed by atoms with van der Waals surface area (Å²) in [7, 11) is 0. The minimum Gasteiger partial charge on any atom is -0.325 e. The summed E-state index contributed by atoms with van der Waals surface area (Å²) < 4.78 is 0. The van der Waals surface area contributed by atoms with Crippen LogP contribution in [-0.4, -0.2) is 30.4 Å². The van der Waals surface area contributed by atoms with Gasteiger partial charge >= 0.3 is 0 Å². The van der Waals surface area contributed by atoms with Crippen LogP contribution in [0.2, 0.25) is 0 Å². The highest BCUT2D eigenvalue weighted by Crippen LogP contribution is 2.23. The van der Waals surface area contributed by atoms with Gasteiger partial charge < -0.3 is 5.32 Å². The van der Waals surface area contributed by atoms with Gasteiger partial charge in [-0.05, 0) is 42.9 Å². The lowest BCUT2D eigenvalue weighted by Crippen LogP contribution is -2.39. The average Bonchev–Trinajstić information content (AvgIpc) is 2.38. The van der Waals surface area contributed by atoms with Crippen LogP contribution in [0.4, 0.5) is 5.69 Å². The van der Waals surface area contributed by atoms with Gasteiger partial charge in [-0.1, -0.05) is 39.0 Å². The number of benzene rings is 1. The van der Waals surface area contributed by atoms with Crippen LogP contribution in [0.15, 0.2) is 24.3 Å². The lowest BCUT2D eigenvalue weighted by Gasteiger charge is -2.30. The number of hydrogen-bond acceptors (Lipinski definition) is 2. The van der Waals surface area contributed by atoms with Crippen molar-refractivity contribution >= 4 is 11.6 Å². The van der Waals surface area contributed by atoms with Crippen molar-refractivity contribution < 1.29 is 4.79 Å². The second kappa shape index (κ2) is 6.89. The molecule has 1 amide bonds. The first kappa shape index (κ1) is 15.0. The van der Waals surface area contributed by atoms with Gasteiger partial charge in [0.25, 0.3) is 0 Å². The van der Waals surface area contributed by atoms with Crippen molar-refractivity contribution in [1.82, 2.24) is 4.90 Å². The SMILES string of the molecule is CC(C)c1ccccc1NC(=O)CN1CCC[C@@H](C)C1. The van der Waals surface area contributed by atoms with Crippen molar-refractivity contribution in [3.8, 4) is 0 Å². The highest BCUT2D eigenvalue weighted by molar-refractivity contribution is 5.93. The molecule has 3 heteroatoms. The molecule has 1 aromatic rings. The molecule has 0 spiro atoms. The van der Waals surface area contributed by atoms with Crippen LogP contribution in [0.1, 0.15) is 45.1 Å². The minimum atomic E-state index is 0.104. The third kappa shape index (κ3) is 4.07. The summed E-state index contributed by atoms with van der Waals surface area (Å²) in [5, 5.41) is 3.07. The first-order valence-electron chi connectivity index (χ1n) is 7.67. The fourth-order valence-electron chi connectivity index (χ4n) is 2.94. The number of piperidine rings is 1. The maximum Gasteiger partial charge on any atom is 0.238 e. The van der Waals surface area contributed by atoms with Gasteiger partial charge in [0, 0.05) is 12.2 Å². The molecule has 1 atom stereocenters. The van der Waals surface area contributed by atoms with E-state index >= 15 is 0 Å². The number of anilines is 1. The third-order valence-corrected chi connectivity index (χ3v) is 3.97. The van der Waals surface area contributed by atoms with E-state index in [4.69, 9.17) is 0 Å². The number of amides is 1. The zero-order valence-electron chi connectivity index (χ0n) is 12.9. The second-order valence-electron chi connectivity index (χ2n) is 6.27. The van der Waals surface area contributed by atoms with Gasteiger partial charge in [-0.25, -0.2) is 0 Å². The Hall–Kier alpha value is -1.35. The number of nitrogens with one attached hydrogen (secondary N) is 1. The summed E-state index contributed by atoms with van der Waals surface area (Å²) in [5.74, 6) is 1.23. The predicted molar refractivity (Wildman–Crippen MR) is 84.0 cm³/mol. The van der Waals surface area contributed by atoms with Crippen LogP contribution in [0, 0.1) is 5.92 Å². The van der Waals surface area contributed by atoms with Crippen LogP contribution < -0.4 is 5.32 Å². The van der Waals surface area contributed by atoms with Gasteiger partial charge in [-0.15, -0.1) is 0 Å². The van der Waals surface area contributed by atoms with Gasteiger partial charge in [0.1, 0.15) is 0 Å². The van der Waals surface area contributed by atoms with Crippen molar-refractivity contribution in [3.63, 3.8) is 0 Å². The van der Waals surface area contributed by atoms with Crippen molar-refractivity contribution in [1.29, 1.82) is 0 Å². The molecule has 1 aliphatic rings. The highest BCUT2D eigenvalue weighted by Gasteiger charge is 2.19. The number of carbonyl (C=O) groups excluding carboxylic acids is 1. The van der Waals surface area contributed by atoms with Gasteiger partial charge in [-0.2, -0.15) is 0 Å². The van der Waals surface area contributed by atoms with E-state index in [-0.39, 0.29) is 5.91 Å². The maximum absolute atomic E-state index is 12.2. The Morgan fingerprint density at radius 2 is 2.15 bits per heavy atom. The Bertz CT molecular complexity index is 456. The van der Waals surface area contributed by atoms with E-state index in [9.17, 15) is 4.79 Å². The number of nitrogens with zero attached hydrogens (tertiary/aromatic N) is 1. The molecule has 0 unspecified atom stereocenters. The lowest BCUT2D eigenvalue weighted by molar-refractivity contribution is -0.117. The summed E-state index contributed by atoms with van der Waals surface area (Å²) >= 11 is 0. The molecule has 1 aliphatic heterocycles. The van der Waals surface area contributed by atoms with Gasteiger partial charge in [0.2, 0.25) is 5.91 Å². The Labute approximate surface area is 122 Å². The van der Waals surface area contributed by atoms with Crippen molar-refractivity contribution in [2.75, 3.05) is 25.0 Å². The quantitative estimate of drug-likeness (QED) is 0.911. The van der Waals surface area contributed by atoms with E-state index in [0.717, 1.165) is 18.8 Å². The second-order valence-corrected chi connectivity index (χ2v) is 6.27.